The van der Waals surface area contributed by atoms with E-state index in [1.165, 1.54) is 0 Å². The second-order valence-corrected chi connectivity index (χ2v) is 5.16. The number of rotatable bonds is 3. The molecule has 0 saturated heterocycles. The summed E-state index contributed by atoms with van der Waals surface area (Å²) in [6.45, 7) is 1.96. The van der Waals surface area contributed by atoms with Crippen molar-refractivity contribution in [1.29, 1.82) is 0 Å². The van der Waals surface area contributed by atoms with E-state index in [-0.39, 0.29) is 11.4 Å². The molecule has 0 heterocycles. The summed E-state index contributed by atoms with van der Waals surface area (Å²) < 4.78 is 0. The maximum Gasteiger partial charge on any atom is 0.252 e. The van der Waals surface area contributed by atoms with Crippen LogP contribution in [-0.2, 0) is 0 Å². The summed E-state index contributed by atoms with van der Waals surface area (Å²) in [5, 5.41) is 3.13. The van der Waals surface area contributed by atoms with Crippen LogP contribution in [-0.4, -0.2) is 17.3 Å². The monoisotopic (exact) mass is 251 g/mol. The third kappa shape index (κ3) is 2.63. The van der Waals surface area contributed by atoms with Gasteiger partial charge in [0.15, 0.2) is 0 Å². The summed E-state index contributed by atoms with van der Waals surface area (Å²) in [5.41, 5.74) is 1.58. The van der Waals surface area contributed by atoms with Crippen molar-refractivity contribution in [3.8, 4) is 0 Å². The lowest BCUT2D eigenvalue weighted by Gasteiger charge is -2.28. The van der Waals surface area contributed by atoms with Gasteiger partial charge in [0.1, 0.15) is 0 Å². The van der Waals surface area contributed by atoms with Crippen LogP contribution in [0.5, 0.6) is 0 Å². The molecule has 0 spiro atoms. The van der Waals surface area contributed by atoms with Gasteiger partial charge >= 0.3 is 0 Å². The van der Waals surface area contributed by atoms with Gasteiger partial charge in [-0.3, -0.25) is 4.79 Å². The highest BCUT2D eigenvalue weighted by atomic mass is 35.5. The predicted octanol–water partition coefficient (Wildman–Crippen LogP) is 3.28. The van der Waals surface area contributed by atoms with Crippen molar-refractivity contribution in [3.63, 3.8) is 0 Å². The third-order valence-electron chi connectivity index (χ3n) is 3.58. The summed E-state index contributed by atoms with van der Waals surface area (Å²) in [4.78, 5) is 12.2. The van der Waals surface area contributed by atoms with E-state index in [0.717, 1.165) is 36.8 Å². The van der Waals surface area contributed by atoms with Gasteiger partial charge in [-0.15, -0.1) is 11.6 Å². The van der Waals surface area contributed by atoms with Gasteiger partial charge < -0.3 is 5.32 Å². The van der Waals surface area contributed by atoms with Crippen LogP contribution in [0.2, 0.25) is 0 Å². The largest absolute Gasteiger partial charge is 0.345 e. The van der Waals surface area contributed by atoms with E-state index in [1.807, 2.05) is 31.2 Å². The standard InChI is InChI=1S/C14H18ClNO/c1-11-6-2-3-7-12(11)13(17)16-14(10-15)8-4-5-9-14/h2-3,6-7H,4-5,8-10H2,1H3,(H,16,17). The highest BCUT2D eigenvalue weighted by Crippen LogP contribution is 2.31. The number of hydrogen-bond donors (Lipinski definition) is 1. The zero-order valence-corrected chi connectivity index (χ0v) is 10.9. The Bertz CT molecular complexity index is 410. The summed E-state index contributed by atoms with van der Waals surface area (Å²) in [6, 6.07) is 7.65. The number of alkyl halides is 1. The molecule has 2 rings (SSSR count). The van der Waals surface area contributed by atoms with Crippen LogP contribution in [0.25, 0.3) is 0 Å². The van der Waals surface area contributed by atoms with Crippen LogP contribution in [0.3, 0.4) is 0 Å². The van der Waals surface area contributed by atoms with Crippen molar-refractivity contribution < 1.29 is 4.79 Å². The summed E-state index contributed by atoms with van der Waals surface area (Å²) in [6.07, 6.45) is 4.30. The fourth-order valence-electron chi connectivity index (χ4n) is 2.48. The Morgan fingerprint density at radius 3 is 2.59 bits per heavy atom. The fourth-order valence-corrected chi connectivity index (χ4v) is 2.81. The first-order valence-corrected chi connectivity index (χ1v) is 6.64. The minimum Gasteiger partial charge on any atom is -0.345 e. The van der Waals surface area contributed by atoms with E-state index in [2.05, 4.69) is 5.32 Å². The second-order valence-electron chi connectivity index (χ2n) is 4.89. The normalized spacial score (nSPS) is 18.0. The minimum atomic E-state index is -0.180. The molecular weight excluding hydrogens is 234 g/mol. The number of hydrogen-bond acceptors (Lipinski definition) is 1. The molecule has 1 amide bonds. The van der Waals surface area contributed by atoms with Gasteiger partial charge in [-0.05, 0) is 31.4 Å². The molecule has 3 heteroatoms. The first-order chi connectivity index (χ1) is 8.17. The number of amides is 1. The van der Waals surface area contributed by atoms with E-state index in [9.17, 15) is 4.79 Å². The number of carbonyl (C=O) groups is 1. The van der Waals surface area contributed by atoms with Crippen molar-refractivity contribution in [2.45, 2.75) is 38.1 Å². The fraction of sp³-hybridized carbons (Fsp3) is 0.500. The molecule has 1 fully saturated rings. The molecule has 0 atom stereocenters. The minimum absolute atomic E-state index is 0.00523. The predicted molar refractivity (Wildman–Crippen MR) is 70.6 cm³/mol. The average Bonchev–Trinajstić information content (AvgIpc) is 2.79. The molecule has 2 nitrogen and oxygen atoms in total. The Balaban J connectivity index is 2.14. The Hall–Kier alpha value is -1.02. The van der Waals surface area contributed by atoms with Gasteiger partial charge in [0.05, 0.1) is 5.54 Å². The zero-order chi connectivity index (χ0) is 12.3. The number of carbonyl (C=O) groups excluding carboxylic acids is 1. The van der Waals surface area contributed by atoms with Crippen molar-refractivity contribution >= 4 is 17.5 Å². The molecule has 1 aromatic rings. The highest BCUT2D eigenvalue weighted by molar-refractivity contribution is 6.19. The Kier molecular flexibility index (Phi) is 3.72. The zero-order valence-electron chi connectivity index (χ0n) is 10.1. The van der Waals surface area contributed by atoms with E-state index in [4.69, 9.17) is 11.6 Å². The topological polar surface area (TPSA) is 29.1 Å². The Morgan fingerprint density at radius 2 is 2.00 bits per heavy atom. The van der Waals surface area contributed by atoms with Gasteiger partial charge in [0.2, 0.25) is 0 Å². The Labute approximate surface area is 107 Å². The first kappa shape index (κ1) is 12.4. The number of nitrogens with one attached hydrogen (secondary N) is 1. The van der Waals surface area contributed by atoms with Crippen molar-refractivity contribution in [2.75, 3.05) is 5.88 Å². The molecule has 1 aromatic carbocycles. The van der Waals surface area contributed by atoms with Crippen LogP contribution in [0, 0.1) is 6.92 Å². The number of halogens is 1. The third-order valence-corrected chi connectivity index (χ3v) is 4.10. The number of aryl methyl sites for hydroxylation is 1. The lowest BCUT2D eigenvalue weighted by atomic mass is 9.99. The smallest absolute Gasteiger partial charge is 0.252 e. The molecule has 1 saturated carbocycles. The van der Waals surface area contributed by atoms with Gasteiger partial charge in [0, 0.05) is 11.4 Å². The van der Waals surface area contributed by atoms with E-state index in [0.29, 0.717) is 5.88 Å². The summed E-state index contributed by atoms with van der Waals surface area (Å²) in [7, 11) is 0. The molecular formula is C14H18ClNO. The molecule has 1 N–H and O–H groups in total. The molecule has 0 aromatic heterocycles. The molecule has 0 aliphatic heterocycles. The number of benzene rings is 1. The maximum absolute atomic E-state index is 12.2. The van der Waals surface area contributed by atoms with Crippen molar-refractivity contribution in [2.24, 2.45) is 0 Å². The van der Waals surface area contributed by atoms with Gasteiger partial charge in [0.25, 0.3) is 5.91 Å². The van der Waals surface area contributed by atoms with Gasteiger partial charge in [-0.1, -0.05) is 31.0 Å². The van der Waals surface area contributed by atoms with Crippen molar-refractivity contribution in [3.05, 3.63) is 35.4 Å². The lowest BCUT2D eigenvalue weighted by Crippen LogP contribution is -2.48. The molecule has 0 unspecified atom stereocenters. The summed E-state index contributed by atoms with van der Waals surface area (Å²) in [5.74, 6) is 0.510. The molecule has 1 aliphatic carbocycles. The molecule has 17 heavy (non-hydrogen) atoms. The van der Waals surface area contributed by atoms with Crippen LogP contribution in [0.15, 0.2) is 24.3 Å². The Morgan fingerprint density at radius 1 is 1.35 bits per heavy atom. The van der Waals surface area contributed by atoms with Crippen LogP contribution < -0.4 is 5.32 Å². The van der Waals surface area contributed by atoms with Crippen LogP contribution in [0.4, 0.5) is 0 Å². The quantitative estimate of drug-likeness (QED) is 0.821. The van der Waals surface area contributed by atoms with Crippen LogP contribution in [0.1, 0.15) is 41.6 Å². The molecule has 1 aliphatic rings. The average molecular weight is 252 g/mol. The molecule has 92 valence electrons. The van der Waals surface area contributed by atoms with E-state index < -0.39 is 0 Å². The summed E-state index contributed by atoms with van der Waals surface area (Å²) >= 11 is 6.02. The lowest BCUT2D eigenvalue weighted by molar-refractivity contribution is 0.0908. The first-order valence-electron chi connectivity index (χ1n) is 6.11. The maximum atomic E-state index is 12.2. The van der Waals surface area contributed by atoms with Gasteiger partial charge in [-0.2, -0.15) is 0 Å². The highest BCUT2D eigenvalue weighted by Gasteiger charge is 2.34. The van der Waals surface area contributed by atoms with Crippen molar-refractivity contribution in [1.82, 2.24) is 5.32 Å². The second kappa shape index (κ2) is 5.09. The molecule has 0 bridgehead atoms. The van der Waals surface area contributed by atoms with Crippen LogP contribution >= 0.6 is 11.6 Å². The van der Waals surface area contributed by atoms with Gasteiger partial charge in [-0.25, -0.2) is 0 Å². The molecule has 0 radical (unpaired) electrons. The van der Waals surface area contributed by atoms with E-state index in [1.54, 1.807) is 0 Å². The SMILES string of the molecule is Cc1ccccc1C(=O)NC1(CCl)CCCC1. The van der Waals surface area contributed by atoms with E-state index >= 15 is 0 Å².